The molecule has 0 N–H and O–H groups in total. The fourth-order valence-corrected chi connectivity index (χ4v) is 2.34. The average molecular weight is 262 g/mol. The minimum Gasteiger partial charge on any atom is -0.362 e. The largest absolute Gasteiger partial charge is 0.362 e. The molecule has 5 heteroatoms. The SMILES string of the molecule is CN1CCCN(C(=O)c2cccnc2N(C)C)CC1. The van der Waals surface area contributed by atoms with E-state index in [-0.39, 0.29) is 5.91 Å². The van der Waals surface area contributed by atoms with Gasteiger partial charge >= 0.3 is 0 Å². The minimum absolute atomic E-state index is 0.0899. The first kappa shape index (κ1) is 13.8. The second kappa shape index (κ2) is 6.02. The van der Waals surface area contributed by atoms with E-state index >= 15 is 0 Å². The Morgan fingerprint density at radius 1 is 1.26 bits per heavy atom. The zero-order valence-corrected chi connectivity index (χ0v) is 12.0. The molecule has 104 valence electrons. The number of carbonyl (C=O) groups is 1. The van der Waals surface area contributed by atoms with Gasteiger partial charge in [0.2, 0.25) is 0 Å². The van der Waals surface area contributed by atoms with Crippen LogP contribution in [-0.4, -0.2) is 68.0 Å². The maximum Gasteiger partial charge on any atom is 0.257 e. The highest BCUT2D eigenvalue weighted by molar-refractivity contribution is 5.98. The molecule has 1 aliphatic rings. The molecule has 0 spiro atoms. The Labute approximate surface area is 114 Å². The zero-order valence-electron chi connectivity index (χ0n) is 12.0. The molecule has 2 rings (SSSR count). The number of carbonyl (C=O) groups excluding carboxylic acids is 1. The quantitative estimate of drug-likeness (QED) is 0.795. The second-order valence-corrected chi connectivity index (χ2v) is 5.22. The van der Waals surface area contributed by atoms with Gasteiger partial charge in [-0.3, -0.25) is 4.79 Å². The Morgan fingerprint density at radius 2 is 2.05 bits per heavy atom. The molecule has 1 aromatic rings. The molecule has 5 nitrogen and oxygen atoms in total. The second-order valence-electron chi connectivity index (χ2n) is 5.22. The first-order chi connectivity index (χ1) is 9.09. The molecule has 1 saturated heterocycles. The lowest BCUT2D eigenvalue weighted by atomic mass is 10.2. The van der Waals surface area contributed by atoms with Crippen molar-refractivity contribution in [3.63, 3.8) is 0 Å². The van der Waals surface area contributed by atoms with E-state index in [0.717, 1.165) is 38.4 Å². The monoisotopic (exact) mass is 262 g/mol. The van der Waals surface area contributed by atoms with Crippen molar-refractivity contribution in [1.82, 2.24) is 14.8 Å². The first-order valence-corrected chi connectivity index (χ1v) is 6.70. The summed E-state index contributed by atoms with van der Waals surface area (Å²) >= 11 is 0. The fourth-order valence-electron chi connectivity index (χ4n) is 2.34. The summed E-state index contributed by atoms with van der Waals surface area (Å²) in [6.45, 7) is 3.60. The van der Waals surface area contributed by atoms with Crippen LogP contribution in [0.1, 0.15) is 16.8 Å². The number of amides is 1. The van der Waals surface area contributed by atoms with Crippen molar-refractivity contribution in [2.45, 2.75) is 6.42 Å². The lowest BCUT2D eigenvalue weighted by Crippen LogP contribution is -2.35. The van der Waals surface area contributed by atoms with Crippen LogP contribution in [-0.2, 0) is 0 Å². The van der Waals surface area contributed by atoms with Crippen LogP contribution in [0.5, 0.6) is 0 Å². The van der Waals surface area contributed by atoms with Crippen molar-refractivity contribution in [2.75, 3.05) is 52.2 Å². The molecule has 0 radical (unpaired) electrons. The standard InChI is InChI=1S/C14H22N4O/c1-16(2)13-12(6-4-7-15-13)14(19)18-9-5-8-17(3)10-11-18/h4,6-7H,5,8-11H2,1-3H3. The molecule has 19 heavy (non-hydrogen) atoms. The summed E-state index contributed by atoms with van der Waals surface area (Å²) in [4.78, 5) is 23.0. The molecule has 0 unspecified atom stereocenters. The van der Waals surface area contributed by atoms with Gasteiger partial charge in [-0.25, -0.2) is 4.98 Å². The van der Waals surface area contributed by atoms with Gasteiger partial charge in [0.05, 0.1) is 5.56 Å². The minimum atomic E-state index is 0.0899. The Hall–Kier alpha value is -1.62. The fraction of sp³-hybridized carbons (Fsp3) is 0.571. The van der Waals surface area contributed by atoms with Crippen LogP contribution in [0, 0.1) is 0 Å². The van der Waals surface area contributed by atoms with Gasteiger partial charge in [-0.1, -0.05) is 0 Å². The van der Waals surface area contributed by atoms with Crippen molar-refractivity contribution >= 4 is 11.7 Å². The van der Waals surface area contributed by atoms with Crippen molar-refractivity contribution in [3.8, 4) is 0 Å². The molecular weight excluding hydrogens is 240 g/mol. The van der Waals surface area contributed by atoms with Crippen LogP contribution < -0.4 is 4.90 Å². The topological polar surface area (TPSA) is 39.7 Å². The first-order valence-electron chi connectivity index (χ1n) is 6.70. The number of nitrogens with zero attached hydrogens (tertiary/aromatic N) is 4. The third kappa shape index (κ3) is 3.23. The maximum absolute atomic E-state index is 12.6. The average Bonchev–Trinajstić information content (AvgIpc) is 2.62. The number of likely N-dealkylation sites (N-methyl/N-ethyl adjacent to an activating group) is 1. The molecule has 2 heterocycles. The van der Waals surface area contributed by atoms with Gasteiger partial charge in [0.25, 0.3) is 5.91 Å². The normalized spacial score (nSPS) is 17.1. The van der Waals surface area contributed by atoms with Gasteiger partial charge in [-0.05, 0) is 32.1 Å². The third-order valence-corrected chi connectivity index (χ3v) is 3.45. The van der Waals surface area contributed by atoms with Crippen LogP contribution in [0.15, 0.2) is 18.3 Å². The molecule has 1 fully saturated rings. The summed E-state index contributed by atoms with van der Waals surface area (Å²) in [5.74, 6) is 0.831. The highest BCUT2D eigenvalue weighted by Crippen LogP contribution is 2.17. The van der Waals surface area contributed by atoms with Gasteiger partial charge in [0, 0.05) is 39.9 Å². The number of hydrogen-bond donors (Lipinski definition) is 0. The van der Waals surface area contributed by atoms with E-state index in [2.05, 4.69) is 16.9 Å². The van der Waals surface area contributed by atoms with Crippen LogP contribution in [0.3, 0.4) is 0 Å². The number of aromatic nitrogens is 1. The number of rotatable bonds is 2. The zero-order chi connectivity index (χ0) is 13.8. The molecule has 0 aliphatic carbocycles. The summed E-state index contributed by atoms with van der Waals surface area (Å²) in [7, 11) is 5.92. The molecule has 0 saturated carbocycles. The van der Waals surface area contributed by atoms with Gasteiger partial charge < -0.3 is 14.7 Å². The van der Waals surface area contributed by atoms with Gasteiger partial charge in [0.1, 0.15) is 5.82 Å². The predicted octanol–water partition coefficient (Wildman–Crippen LogP) is 0.925. The molecule has 0 aromatic carbocycles. The van der Waals surface area contributed by atoms with Crippen molar-refractivity contribution in [1.29, 1.82) is 0 Å². The summed E-state index contributed by atoms with van der Waals surface area (Å²) in [5, 5.41) is 0. The van der Waals surface area contributed by atoms with Crippen molar-refractivity contribution in [3.05, 3.63) is 23.9 Å². The van der Waals surface area contributed by atoms with Gasteiger partial charge in [0.15, 0.2) is 0 Å². The lowest BCUT2D eigenvalue weighted by molar-refractivity contribution is 0.0763. The van der Waals surface area contributed by atoms with E-state index < -0.39 is 0 Å². The number of hydrogen-bond acceptors (Lipinski definition) is 4. The highest BCUT2D eigenvalue weighted by Gasteiger charge is 2.22. The van der Waals surface area contributed by atoms with Crippen LogP contribution in [0.2, 0.25) is 0 Å². The Morgan fingerprint density at radius 3 is 2.79 bits per heavy atom. The molecule has 0 atom stereocenters. The van der Waals surface area contributed by atoms with E-state index in [4.69, 9.17) is 0 Å². The molecular formula is C14H22N4O. The molecule has 1 aromatic heterocycles. The van der Waals surface area contributed by atoms with Crippen molar-refractivity contribution < 1.29 is 4.79 Å². The predicted molar refractivity (Wildman–Crippen MR) is 76.6 cm³/mol. The van der Waals surface area contributed by atoms with E-state index in [1.54, 1.807) is 6.20 Å². The molecule has 1 aliphatic heterocycles. The van der Waals surface area contributed by atoms with Crippen molar-refractivity contribution in [2.24, 2.45) is 0 Å². The molecule has 1 amide bonds. The summed E-state index contributed by atoms with van der Waals surface area (Å²) < 4.78 is 0. The van der Waals surface area contributed by atoms with E-state index in [9.17, 15) is 4.79 Å². The van der Waals surface area contributed by atoms with Crippen LogP contribution in [0.4, 0.5) is 5.82 Å². The third-order valence-electron chi connectivity index (χ3n) is 3.45. The lowest BCUT2D eigenvalue weighted by Gasteiger charge is -2.23. The summed E-state index contributed by atoms with van der Waals surface area (Å²) in [6.07, 6.45) is 2.75. The van der Waals surface area contributed by atoms with Crippen LogP contribution >= 0.6 is 0 Å². The Kier molecular flexibility index (Phi) is 4.37. The van der Waals surface area contributed by atoms with E-state index in [1.807, 2.05) is 36.0 Å². The summed E-state index contributed by atoms with van der Waals surface area (Å²) in [6, 6.07) is 3.68. The van der Waals surface area contributed by atoms with Gasteiger partial charge in [-0.2, -0.15) is 0 Å². The summed E-state index contributed by atoms with van der Waals surface area (Å²) in [5.41, 5.74) is 0.692. The Bertz CT molecular complexity index is 447. The Balaban J connectivity index is 2.19. The maximum atomic E-state index is 12.6. The molecule has 0 bridgehead atoms. The van der Waals surface area contributed by atoms with E-state index in [1.165, 1.54) is 0 Å². The van der Waals surface area contributed by atoms with Crippen LogP contribution in [0.25, 0.3) is 0 Å². The number of pyridine rings is 1. The highest BCUT2D eigenvalue weighted by atomic mass is 16.2. The van der Waals surface area contributed by atoms with Gasteiger partial charge in [-0.15, -0.1) is 0 Å². The number of anilines is 1. The van der Waals surface area contributed by atoms with E-state index in [0.29, 0.717) is 5.56 Å². The smallest absolute Gasteiger partial charge is 0.257 e.